The Morgan fingerprint density at radius 2 is 1.79 bits per heavy atom. The van der Waals surface area contributed by atoms with E-state index in [1.165, 1.54) is 12.8 Å². The highest BCUT2D eigenvalue weighted by Gasteiger charge is 2.41. The van der Waals surface area contributed by atoms with E-state index in [1.54, 1.807) is 12.0 Å². The van der Waals surface area contributed by atoms with Crippen LogP contribution >= 0.6 is 0 Å². The maximum Gasteiger partial charge on any atom is 0.388 e. The molecule has 0 spiro atoms. The monoisotopic (exact) mass is 456 g/mol. The van der Waals surface area contributed by atoms with Crippen LogP contribution in [-0.2, 0) is 16.1 Å². The molecule has 1 aromatic rings. The van der Waals surface area contributed by atoms with Gasteiger partial charge in [-0.3, -0.25) is 4.79 Å². The van der Waals surface area contributed by atoms with Crippen LogP contribution in [0.1, 0.15) is 73.7 Å². The number of rotatable bonds is 6. The van der Waals surface area contributed by atoms with Gasteiger partial charge in [-0.1, -0.05) is 6.42 Å². The molecule has 0 aromatic heterocycles. The lowest BCUT2D eigenvalue weighted by molar-refractivity contribution is -0.394. The molecule has 2 aliphatic carbocycles. The zero-order valence-corrected chi connectivity index (χ0v) is 19.2. The lowest BCUT2D eigenvalue weighted by Gasteiger charge is -2.35. The van der Waals surface area contributed by atoms with E-state index in [-0.39, 0.29) is 29.9 Å². The van der Waals surface area contributed by atoms with Gasteiger partial charge in [0.15, 0.2) is 6.04 Å². The molecule has 1 aromatic carbocycles. The Bertz CT molecular complexity index is 948. The van der Waals surface area contributed by atoms with E-state index in [1.807, 2.05) is 18.2 Å². The number of carbonyl (C=O) groups excluding carboxylic acids is 2. The van der Waals surface area contributed by atoms with Crippen molar-refractivity contribution in [2.24, 2.45) is 0 Å². The van der Waals surface area contributed by atoms with Crippen LogP contribution in [0, 0.1) is 0 Å². The number of amides is 2. The van der Waals surface area contributed by atoms with Crippen molar-refractivity contribution in [2.75, 3.05) is 7.11 Å². The van der Waals surface area contributed by atoms with Gasteiger partial charge in [0.25, 0.3) is 5.91 Å². The molecular weight excluding hydrogens is 422 g/mol. The molecule has 3 N–H and O–H groups in total. The number of aliphatic hydroxyl groups excluding tert-OH is 1. The standard InChI is InChI=1S/C25H33N3O5/c1-32-21-8-4-6-18(21)26-19-5-2-3-7-22(19)33-16-9-10-17-15(13-16)14-28(25(17)31)20-11-12-23(29)27-24(20)30/h9-10,13,18-22,26H,2-8,11-12,14H2,1H3,(H,27,29,30)/p+1. The van der Waals surface area contributed by atoms with Crippen LogP contribution in [0.4, 0.5) is 0 Å². The molecule has 2 amide bonds. The van der Waals surface area contributed by atoms with Gasteiger partial charge in [-0.25, -0.2) is 4.79 Å². The number of ether oxygens (including phenoxy) is 2. The zero-order chi connectivity index (χ0) is 22.9. The Kier molecular flexibility index (Phi) is 6.38. The van der Waals surface area contributed by atoms with E-state index < -0.39 is 6.04 Å². The minimum atomic E-state index is -0.487. The fourth-order valence-electron chi connectivity index (χ4n) is 5.92. The van der Waals surface area contributed by atoms with E-state index in [9.17, 15) is 14.7 Å². The lowest BCUT2D eigenvalue weighted by Crippen LogP contribution is -2.82. The minimum absolute atomic E-state index is 0.0917. The van der Waals surface area contributed by atoms with Crippen LogP contribution in [0.2, 0.25) is 0 Å². The minimum Gasteiger partial charge on any atom is -0.489 e. The van der Waals surface area contributed by atoms with E-state index in [0.717, 1.165) is 43.4 Å². The summed E-state index contributed by atoms with van der Waals surface area (Å²) in [5, 5.41) is 14.0. The Morgan fingerprint density at radius 1 is 1.03 bits per heavy atom. The number of hydrogen-bond donors (Lipinski definition) is 3. The Morgan fingerprint density at radius 3 is 2.61 bits per heavy atom. The first kappa shape index (κ1) is 22.3. The van der Waals surface area contributed by atoms with Crippen LogP contribution in [0.3, 0.4) is 0 Å². The molecule has 5 unspecified atom stereocenters. The van der Waals surface area contributed by atoms with Crippen LogP contribution in [-0.4, -0.2) is 65.2 Å². The molecule has 4 aliphatic rings. The summed E-state index contributed by atoms with van der Waals surface area (Å²) in [7, 11) is 1.80. The molecule has 33 heavy (non-hydrogen) atoms. The summed E-state index contributed by atoms with van der Waals surface area (Å²) < 4.78 is 12.1. The maximum absolute atomic E-state index is 13.0. The number of carbonyl (C=O) groups is 2. The molecule has 8 heteroatoms. The third kappa shape index (κ3) is 4.51. The highest BCUT2D eigenvalue weighted by Crippen LogP contribution is 2.32. The summed E-state index contributed by atoms with van der Waals surface area (Å²) >= 11 is 0. The summed E-state index contributed by atoms with van der Waals surface area (Å²) in [6, 6.07) is 5.86. The number of benzene rings is 1. The highest BCUT2D eigenvalue weighted by molar-refractivity contribution is 6.01. The second-order valence-corrected chi connectivity index (χ2v) is 9.77. The van der Waals surface area contributed by atoms with Crippen molar-refractivity contribution in [1.82, 2.24) is 10.2 Å². The molecule has 2 fully saturated rings. The van der Waals surface area contributed by atoms with Gasteiger partial charge in [0, 0.05) is 31.3 Å². The van der Waals surface area contributed by atoms with Crippen molar-refractivity contribution in [3.8, 4) is 5.75 Å². The fourth-order valence-corrected chi connectivity index (χ4v) is 5.92. The number of aliphatic hydroxyl groups is 1. The van der Waals surface area contributed by atoms with Crippen molar-refractivity contribution in [2.45, 2.75) is 94.7 Å². The van der Waals surface area contributed by atoms with Crippen LogP contribution < -0.4 is 15.0 Å². The van der Waals surface area contributed by atoms with E-state index in [4.69, 9.17) is 9.47 Å². The first-order valence-corrected chi connectivity index (χ1v) is 12.3. The Balaban J connectivity index is 1.27. The second-order valence-electron chi connectivity index (χ2n) is 9.77. The molecule has 0 radical (unpaired) electrons. The third-order valence-corrected chi connectivity index (χ3v) is 7.69. The topological polar surface area (TPSA) is 102 Å². The van der Waals surface area contributed by atoms with E-state index in [0.29, 0.717) is 37.0 Å². The molecule has 5 rings (SSSR count). The molecule has 0 bridgehead atoms. The van der Waals surface area contributed by atoms with Crippen molar-refractivity contribution >= 4 is 17.7 Å². The lowest BCUT2D eigenvalue weighted by atomic mass is 9.91. The SMILES string of the molecule is COC1CCCC1NC1CCCCC1Oc1ccc2c(c1)CN(C1CCC(=O)[NH+]=C1O)C2=O. The number of hydrogen-bond acceptors (Lipinski definition) is 5. The van der Waals surface area contributed by atoms with Crippen molar-refractivity contribution in [3.05, 3.63) is 29.3 Å². The number of fused-ring (bicyclic) bond motifs is 1. The largest absolute Gasteiger partial charge is 0.489 e. The number of nitrogens with one attached hydrogen (secondary N) is 2. The highest BCUT2D eigenvalue weighted by atomic mass is 16.5. The smallest absolute Gasteiger partial charge is 0.388 e. The van der Waals surface area contributed by atoms with Crippen molar-refractivity contribution in [3.63, 3.8) is 0 Å². The normalized spacial score (nSPS) is 32.1. The van der Waals surface area contributed by atoms with Gasteiger partial charge in [-0.15, -0.1) is 4.99 Å². The quantitative estimate of drug-likeness (QED) is 0.595. The summed E-state index contributed by atoms with van der Waals surface area (Å²) in [5.41, 5.74) is 1.54. The van der Waals surface area contributed by atoms with Gasteiger partial charge in [0.1, 0.15) is 11.9 Å². The maximum atomic E-state index is 13.0. The summed E-state index contributed by atoms with van der Waals surface area (Å²) in [5.74, 6) is 0.310. The molecule has 0 saturated heterocycles. The molecule has 2 aliphatic heterocycles. The number of methoxy groups -OCH3 is 1. The molecule has 8 nitrogen and oxygen atoms in total. The van der Waals surface area contributed by atoms with Crippen LogP contribution in [0.25, 0.3) is 0 Å². The van der Waals surface area contributed by atoms with E-state index >= 15 is 0 Å². The average Bonchev–Trinajstić information content (AvgIpc) is 3.39. The fraction of sp³-hybridized carbons (Fsp3) is 0.640. The zero-order valence-electron chi connectivity index (χ0n) is 19.2. The van der Waals surface area contributed by atoms with Gasteiger partial charge in [0.2, 0.25) is 0 Å². The predicted octanol–water partition coefficient (Wildman–Crippen LogP) is 1.22. The van der Waals surface area contributed by atoms with Crippen molar-refractivity contribution in [1.29, 1.82) is 0 Å². The third-order valence-electron chi connectivity index (χ3n) is 7.69. The summed E-state index contributed by atoms with van der Waals surface area (Å²) in [6.07, 6.45) is 9.01. The Hall–Kier alpha value is -2.45. The van der Waals surface area contributed by atoms with Crippen LogP contribution in [0.5, 0.6) is 5.75 Å². The molecule has 2 heterocycles. The molecule has 178 valence electrons. The van der Waals surface area contributed by atoms with Gasteiger partial charge in [-0.2, -0.15) is 0 Å². The summed E-state index contributed by atoms with van der Waals surface area (Å²) in [4.78, 5) is 28.6. The number of nitrogens with zero attached hydrogens (tertiary/aromatic N) is 1. The van der Waals surface area contributed by atoms with E-state index in [2.05, 4.69) is 10.3 Å². The van der Waals surface area contributed by atoms with Crippen LogP contribution in [0.15, 0.2) is 18.2 Å². The average molecular weight is 457 g/mol. The summed E-state index contributed by atoms with van der Waals surface area (Å²) in [6.45, 7) is 0.403. The molecular formula is C25H34N3O5+. The van der Waals surface area contributed by atoms with Gasteiger partial charge < -0.3 is 24.8 Å². The van der Waals surface area contributed by atoms with Crippen molar-refractivity contribution < 1.29 is 29.2 Å². The second kappa shape index (κ2) is 9.43. The van der Waals surface area contributed by atoms with Gasteiger partial charge >= 0.3 is 11.8 Å². The molecule has 2 saturated carbocycles. The first-order chi connectivity index (χ1) is 16.0. The molecule has 5 atom stereocenters. The first-order valence-electron chi connectivity index (χ1n) is 12.3. The predicted molar refractivity (Wildman–Crippen MR) is 121 cm³/mol. The van der Waals surface area contributed by atoms with Gasteiger partial charge in [0.05, 0.1) is 12.5 Å². The van der Waals surface area contributed by atoms with Gasteiger partial charge in [-0.05, 0) is 68.7 Å². The Labute approximate surface area is 194 Å².